The lowest BCUT2D eigenvalue weighted by Crippen LogP contribution is -2.59. The Balaban J connectivity index is 1.25. The fourth-order valence-corrected chi connectivity index (χ4v) is 6.64. The van der Waals surface area contributed by atoms with Crippen LogP contribution in [0.15, 0.2) is 83.3 Å². The van der Waals surface area contributed by atoms with Gasteiger partial charge in [0.15, 0.2) is 0 Å². The van der Waals surface area contributed by atoms with Gasteiger partial charge in [-0.05, 0) is 65.0 Å². The van der Waals surface area contributed by atoms with Gasteiger partial charge in [-0.25, -0.2) is 9.59 Å². The molecule has 0 radical (unpaired) electrons. The van der Waals surface area contributed by atoms with E-state index in [9.17, 15) is 19.2 Å². The molecule has 2 N–H and O–H groups in total. The Kier molecular flexibility index (Phi) is 9.53. The molecule has 2 fully saturated rings. The number of amides is 4. The molecular weight excluding hydrogens is 626 g/mol. The highest BCUT2D eigenvalue weighted by molar-refractivity contribution is 9.10. The molecule has 0 aliphatic carbocycles. The zero-order valence-electron chi connectivity index (χ0n) is 24.8. The van der Waals surface area contributed by atoms with Crippen molar-refractivity contribution in [3.8, 4) is 0 Å². The number of urea groups is 1. The number of nitrogens with one attached hydrogen (secondary N) is 2. The summed E-state index contributed by atoms with van der Waals surface area (Å²) >= 11 is 3.39. The highest BCUT2D eigenvalue weighted by Crippen LogP contribution is 2.40. The molecule has 11 heteroatoms. The fourth-order valence-electron chi connectivity index (χ4n) is 5.99. The normalized spacial score (nSPS) is 16.5. The smallest absolute Gasteiger partial charge is 0.330 e. The molecule has 0 unspecified atom stereocenters. The molecule has 4 amide bonds. The molecule has 2 saturated heterocycles. The summed E-state index contributed by atoms with van der Waals surface area (Å²) in [6.45, 7) is 3.32. The molecular formula is C33H36BrN5O5. The Morgan fingerprint density at radius 1 is 0.955 bits per heavy atom. The summed E-state index contributed by atoms with van der Waals surface area (Å²) in [4.78, 5) is 58.5. The number of benzene rings is 3. The monoisotopic (exact) mass is 661 g/mol. The maximum atomic E-state index is 14.0. The lowest BCUT2D eigenvalue weighted by Gasteiger charge is -2.43. The quantitative estimate of drug-likeness (QED) is 0.352. The number of anilines is 1. The summed E-state index contributed by atoms with van der Waals surface area (Å²) in [5.41, 5.74) is 2.40. The molecule has 1 spiro atoms. The van der Waals surface area contributed by atoms with Gasteiger partial charge in [0.25, 0.3) is 5.91 Å². The van der Waals surface area contributed by atoms with Gasteiger partial charge in [-0.2, -0.15) is 0 Å². The van der Waals surface area contributed by atoms with Gasteiger partial charge in [0.1, 0.15) is 11.6 Å². The predicted molar refractivity (Wildman–Crippen MR) is 170 cm³/mol. The number of hydrogen-bond donors (Lipinski definition) is 2. The Bertz CT molecular complexity index is 1490. The number of carbonyl (C=O) groups is 4. The van der Waals surface area contributed by atoms with E-state index in [0.717, 1.165) is 16.8 Å². The van der Waals surface area contributed by atoms with Crippen LogP contribution in [0.5, 0.6) is 0 Å². The molecule has 5 rings (SSSR count). The summed E-state index contributed by atoms with van der Waals surface area (Å²) in [5, 5.41) is 5.46. The molecule has 3 aromatic rings. The van der Waals surface area contributed by atoms with Crippen molar-refractivity contribution in [2.24, 2.45) is 0 Å². The standard InChI is InChI=1S/C33H36BrN5O5/c1-23-10-9-15-26(34)28(23)29(40)36-27(30(41)44-2)20-35-32(43)37-18-16-33(17-19-37)31(42)38(21-24-11-5-3-6-12-24)22-39(33)25-13-7-4-8-14-25/h3-15,27H,16-22H2,1-2H3,(H,35,43)(H,36,40)/t27-/m0/s1. The molecule has 1 atom stereocenters. The Labute approximate surface area is 265 Å². The number of carbonyl (C=O) groups excluding carboxylic acids is 4. The first kappa shape index (κ1) is 31.1. The number of ether oxygens (including phenoxy) is 1. The van der Waals surface area contributed by atoms with E-state index >= 15 is 0 Å². The van der Waals surface area contributed by atoms with Gasteiger partial charge in [-0.3, -0.25) is 9.59 Å². The number of likely N-dealkylation sites (tertiary alicyclic amines) is 1. The zero-order valence-corrected chi connectivity index (χ0v) is 26.4. The van der Waals surface area contributed by atoms with E-state index in [1.807, 2.05) is 71.6 Å². The molecule has 230 valence electrons. The minimum Gasteiger partial charge on any atom is -0.467 e. The van der Waals surface area contributed by atoms with Crippen molar-refractivity contribution >= 4 is 45.4 Å². The molecule has 2 aliphatic rings. The average Bonchev–Trinajstić information content (AvgIpc) is 3.29. The number of nitrogens with zero attached hydrogens (tertiary/aromatic N) is 3. The number of hydrogen-bond acceptors (Lipinski definition) is 6. The second-order valence-corrected chi connectivity index (χ2v) is 11.9. The lowest BCUT2D eigenvalue weighted by molar-refractivity contribution is -0.142. The summed E-state index contributed by atoms with van der Waals surface area (Å²) in [6.07, 6.45) is 0.913. The number of aryl methyl sites for hydroxylation is 1. The van der Waals surface area contributed by atoms with E-state index in [2.05, 4.69) is 31.5 Å². The highest BCUT2D eigenvalue weighted by Gasteiger charge is 2.54. The summed E-state index contributed by atoms with van der Waals surface area (Å²) in [7, 11) is 1.23. The Hall–Kier alpha value is -4.38. The Morgan fingerprint density at radius 2 is 1.61 bits per heavy atom. The van der Waals surface area contributed by atoms with Gasteiger partial charge in [0, 0.05) is 29.8 Å². The van der Waals surface area contributed by atoms with Crippen LogP contribution in [0.1, 0.15) is 34.3 Å². The molecule has 0 bridgehead atoms. The Morgan fingerprint density at radius 3 is 2.25 bits per heavy atom. The van der Waals surface area contributed by atoms with Crippen LogP contribution in [-0.2, 0) is 20.9 Å². The van der Waals surface area contributed by atoms with Crippen molar-refractivity contribution in [2.75, 3.05) is 38.3 Å². The first-order chi connectivity index (χ1) is 21.2. The van der Waals surface area contributed by atoms with Gasteiger partial charge in [-0.1, -0.05) is 60.7 Å². The third-order valence-electron chi connectivity index (χ3n) is 8.37. The number of methoxy groups -OCH3 is 1. The van der Waals surface area contributed by atoms with Crippen LogP contribution in [0.3, 0.4) is 0 Å². The van der Waals surface area contributed by atoms with Crippen molar-refractivity contribution in [3.63, 3.8) is 0 Å². The van der Waals surface area contributed by atoms with E-state index in [1.165, 1.54) is 7.11 Å². The third-order valence-corrected chi connectivity index (χ3v) is 9.03. The summed E-state index contributed by atoms with van der Waals surface area (Å²) in [6, 6.07) is 23.7. The zero-order chi connectivity index (χ0) is 31.3. The summed E-state index contributed by atoms with van der Waals surface area (Å²) in [5.74, 6) is -1.07. The molecule has 0 aromatic heterocycles. The van der Waals surface area contributed by atoms with E-state index < -0.39 is 23.5 Å². The van der Waals surface area contributed by atoms with Crippen LogP contribution < -0.4 is 15.5 Å². The van der Waals surface area contributed by atoms with Crippen molar-refractivity contribution in [1.82, 2.24) is 20.4 Å². The second-order valence-electron chi connectivity index (χ2n) is 11.1. The number of rotatable bonds is 8. The van der Waals surface area contributed by atoms with E-state index in [4.69, 9.17) is 4.74 Å². The topological polar surface area (TPSA) is 111 Å². The molecule has 2 heterocycles. The fraction of sp³-hybridized carbons (Fsp3) is 0.333. The predicted octanol–water partition coefficient (Wildman–Crippen LogP) is 4.08. The van der Waals surface area contributed by atoms with E-state index in [0.29, 0.717) is 49.2 Å². The molecule has 44 heavy (non-hydrogen) atoms. The van der Waals surface area contributed by atoms with Gasteiger partial charge in [0.05, 0.1) is 25.9 Å². The van der Waals surface area contributed by atoms with Crippen LogP contribution in [-0.4, -0.2) is 78.6 Å². The van der Waals surface area contributed by atoms with Crippen LogP contribution in [0.2, 0.25) is 0 Å². The van der Waals surface area contributed by atoms with Crippen LogP contribution >= 0.6 is 15.9 Å². The molecule has 10 nitrogen and oxygen atoms in total. The van der Waals surface area contributed by atoms with Gasteiger partial charge < -0.3 is 30.1 Å². The van der Waals surface area contributed by atoms with Gasteiger partial charge in [-0.15, -0.1) is 0 Å². The first-order valence-electron chi connectivity index (χ1n) is 14.6. The molecule has 0 saturated carbocycles. The van der Waals surface area contributed by atoms with Crippen LogP contribution in [0, 0.1) is 6.92 Å². The molecule has 2 aliphatic heterocycles. The second kappa shape index (κ2) is 13.5. The van der Waals surface area contributed by atoms with E-state index in [1.54, 1.807) is 24.0 Å². The SMILES string of the molecule is COC(=O)[C@H](CNC(=O)N1CCC2(CC1)C(=O)N(Cc1ccccc1)CN2c1ccccc1)NC(=O)c1c(C)cccc1Br. The third kappa shape index (κ3) is 6.42. The van der Waals surface area contributed by atoms with Gasteiger partial charge in [0.2, 0.25) is 5.91 Å². The minimum atomic E-state index is -1.09. The number of esters is 1. The first-order valence-corrected chi connectivity index (χ1v) is 15.4. The number of para-hydroxylation sites is 1. The van der Waals surface area contributed by atoms with Crippen molar-refractivity contribution in [1.29, 1.82) is 0 Å². The van der Waals surface area contributed by atoms with Crippen LogP contribution in [0.4, 0.5) is 10.5 Å². The lowest BCUT2D eigenvalue weighted by atomic mass is 9.85. The van der Waals surface area contributed by atoms with Crippen LogP contribution in [0.25, 0.3) is 0 Å². The average molecular weight is 663 g/mol. The van der Waals surface area contributed by atoms with Gasteiger partial charge >= 0.3 is 12.0 Å². The van der Waals surface area contributed by atoms with Crippen molar-refractivity contribution < 1.29 is 23.9 Å². The largest absolute Gasteiger partial charge is 0.467 e. The minimum absolute atomic E-state index is 0.0566. The summed E-state index contributed by atoms with van der Waals surface area (Å²) < 4.78 is 5.49. The van der Waals surface area contributed by atoms with Crippen molar-refractivity contribution in [2.45, 2.75) is 37.9 Å². The maximum Gasteiger partial charge on any atom is 0.330 e. The van der Waals surface area contributed by atoms with E-state index in [-0.39, 0.29) is 18.5 Å². The molecule has 3 aromatic carbocycles. The van der Waals surface area contributed by atoms with Crippen molar-refractivity contribution in [3.05, 3.63) is 100 Å². The highest BCUT2D eigenvalue weighted by atomic mass is 79.9. The maximum absolute atomic E-state index is 14.0. The number of piperidine rings is 1. The number of halogens is 1.